The van der Waals surface area contributed by atoms with Gasteiger partial charge in [-0.3, -0.25) is 10.6 Å². The Labute approximate surface area is 53.4 Å². The minimum Gasteiger partial charge on any atom is -0.301 e. The second-order valence-corrected chi connectivity index (χ2v) is 2.02. The summed E-state index contributed by atoms with van der Waals surface area (Å²) in [6, 6.07) is 0. The number of nitrogens with two attached hydrogens (primary N) is 1. The van der Waals surface area contributed by atoms with Gasteiger partial charge >= 0.3 is 0 Å². The van der Waals surface area contributed by atoms with E-state index in [-0.39, 0.29) is 5.78 Å². The Hall–Kier alpha value is -0.740. The van der Waals surface area contributed by atoms with Gasteiger partial charge in [-0.25, -0.2) is 5.43 Å². The zero-order chi connectivity index (χ0) is 7.49. The molecule has 0 spiro atoms. The van der Waals surface area contributed by atoms with E-state index in [1.807, 2.05) is 0 Å². The van der Waals surface area contributed by atoms with Crippen molar-refractivity contribution >= 4 is 12.1 Å². The average molecular weight is 130 g/mol. The van der Waals surface area contributed by atoms with Gasteiger partial charge in [0.2, 0.25) is 0 Å². The first kappa shape index (κ1) is 8.26. The molecule has 0 saturated carbocycles. The third kappa shape index (κ3) is 1.58. The van der Waals surface area contributed by atoms with Crippen LogP contribution in [0.5, 0.6) is 0 Å². The highest BCUT2D eigenvalue weighted by molar-refractivity contribution is 6.00. The molecule has 0 amide bonds. The third-order valence-electron chi connectivity index (χ3n) is 1.27. The van der Waals surface area contributed by atoms with Crippen LogP contribution in [0.15, 0.2) is 0 Å². The molecule has 52 valence electrons. The summed E-state index contributed by atoms with van der Waals surface area (Å²) in [7, 11) is 0. The van der Waals surface area contributed by atoms with Gasteiger partial charge < -0.3 is 4.79 Å². The summed E-state index contributed by atoms with van der Waals surface area (Å²) >= 11 is 0. The van der Waals surface area contributed by atoms with E-state index in [4.69, 9.17) is 5.84 Å². The fourth-order valence-electron chi connectivity index (χ4n) is 0.219. The molecule has 0 rings (SSSR count). The van der Waals surface area contributed by atoms with Gasteiger partial charge in [0.25, 0.3) is 0 Å². The molecule has 0 aliphatic rings. The summed E-state index contributed by atoms with van der Waals surface area (Å²) in [5.74, 6) is 4.62. The van der Waals surface area contributed by atoms with E-state index in [0.717, 1.165) is 0 Å². The zero-order valence-corrected chi connectivity index (χ0v) is 5.47. The monoisotopic (exact) mass is 130 g/mol. The van der Waals surface area contributed by atoms with Gasteiger partial charge in [0.15, 0.2) is 5.78 Å². The quantitative estimate of drug-likeness (QED) is 0.222. The molecular weight excluding hydrogens is 120 g/mol. The molecule has 0 aliphatic carbocycles. The molecule has 9 heavy (non-hydrogen) atoms. The lowest BCUT2D eigenvalue weighted by Crippen LogP contribution is -2.53. The van der Waals surface area contributed by atoms with E-state index in [1.54, 1.807) is 0 Å². The topological polar surface area (TPSA) is 72.2 Å². The van der Waals surface area contributed by atoms with E-state index in [9.17, 15) is 9.59 Å². The molecule has 0 aliphatic heterocycles. The molecule has 0 bridgehead atoms. The van der Waals surface area contributed by atoms with Gasteiger partial charge in [0.1, 0.15) is 11.8 Å². The van der Waals surface area contributed by atoms with Crippen molar-refractivity contribution < 1.29 is 9.59 Å². The van der Waals surface area contributed by atoms with Crippen molar-refractivity contribution in [2.45, 2.75) is 19.4 Å². The molecule has 0 aromatic carbocycles. The zero-order valence-electron chi connectivity index (χ0n) is 5.47. The number of Topliss-reactive ketones (excluding diaryl/α,β-unsaturated/α-hetero) is 1. The van der Waals surface area contributed by atoms with Crippen molar-refractivity contribution in [1.29, 1.82) is 0 Å². The van der Waals surface area contributed by atoms with Gasteiger partial charge in [-0.15, -0.1) is 0 Å². The summed E-state index contributed by atoms with van der Waals surface area (Å²) in [5.41, 5.74) is 0.902. The first-order valence-electron chi connectivity index (χ1n) is 2.52. The first-order chi connectivity index (χ1) is 4.06. The van der Waals surface area contributed by atoms with Gasteiger partial charge in [-0.05, 0) is 13.8 Å². The standard InChI is InChI=1S/C5H10N2O2/c1-4(9)5(2,3-8)7-6/h3,7H,6H2,1-2H3. The van der Waals surface area contributed by atoms with E-state index < -0.39 is 5.54 Å². The molecule has 0 saturated heterocycles. The van der Waals surface area contributed by atoms with Crippen LogP contribution in [0.1, 0.15) is 13.8 Å². The molecule has 0 aromatic heterocycles. The Morgan fingerprint density at radius 1 is 1.78 bits per heavy atom. The molecule has 0 heterocycles. The third-order valence-corrected chi connectivity index (χ3v) is 1.27. The van der Waals surface area contributed by atoms with Crippen molar-refractivity contribution in [2.75, 3.05) is 0 Å². The summed E-state index contributed by atoms with van der Waals surface area (Å²) in [4.78, 5) is 20.7. The van der Waals surface area contributed by atoms with Crippen molar-refractivity contribution in [3.63, 3.8) is 0 Å². The molecule has 1 unspecified atom stereocenters. The Bertz CT molecular complexity index is 135. The highest BCUT2D eigenvalue weighted by Crippen LogP contribution is 1.96. The van der Waals surface area contributed by atoms with Gasteiger partial charge in [-0.1, -0.05) is 0 Å². The second kappa shape index (κ2) is 2.70. The number of hydrazine groups is 1. The molecule has 0 fully saturated rings. The maximum atomic E-state index is 10.6. The fraction of sp³-hybridized carbons (Fsp3) is 0.600. The number of ketones is 1. The van der Waals surface area contributed by atoms with Crippen LogP contribution in [0.2, 0.25) is 0 Å². The smallest absolute Gasteiger partial charge is 0.158 e. The molecular formula is C5H10N2O2. The summed E-state index contributed by atoms with van der Waals surface area (Å²) < 4.78 is 0. The SMILES string of the molecule is CC(=O)C(C)(C=O)NN. The minimum atomic E-state index is -1.21. The van der Waals surface area contributed by atoms with E-state index in [1.165, 1.54) is 13.8 Å². The summed E-state index contributed by atoms with van der Waals surface area (Å²) in [5, 5.41) is 0. The lowest BCUT2D eigenvalue weighted by Gasteiger charge is -2.16. The predicted octanol–water partition coefficient (Wildman–Crippen LogP) is -1.00. The average Bonchev–Trinajstić information content (AvgIpc) is 1.86. The molecule has 0 aromatic rings. The first-order valence-corrected chi connectivity index (χ1v) is 2.52. The number of nitrogens with one attached hydrogen (secondary N) is 1. The van der Waals surface area contributed by atoms with E-state index >= 15 is 0 Å². The van der Waals surface area contributed by atoms with Gasteiger partial charge in [-0.2, -0.15) is 0 Å². The van der Waals surface area contributed by atoms with Gasteiger partial charge in [0.05, 0.1) is 0 Å². The van der Waals surface area contributed by atoms with Crippen LogP contribution in [0.4, 0.5) is 0 Å². The second-order valence-electron chi connectivity index (χ2n) is 2.02. The maximum Gasteiger partial charge on any atom is 0.158 e. The normalized spacial score (nSPS) is 16.3. The molecule has 0 radical (unpaired) electrons. The van der Waals surface area contributed by atoms with Crippen LogP contribution < -0.4 is 11.3 Å². The Kier molecular flexibility index (Phi) is 2.48. The Balaban J connectivity index is 4.27. The Morgan fingerprint density at radius 3 is 2.22 bits per heavy atom. The maximum absolute atomic E-state index is 10.6. The van der Waals surface area contributed by atoms with E-state index in [0.29, 0.717) is 6.29 Å². The summed E-state index contributed by atoms with van der Waals surface area (Å²) in [6.45, 7) is 2.72. The number of hydrogen-bond donors (Lipinski definition) is 2. The van der Waals surface area contributed by atoms with Crippen molar-refractivity contribution in [1.82, 2.24) is 5.43 Å². The number of hydrogen-bond acceptors (Lipinski definition) is 4. The van der Waals surface area contributed by atoms with Crippen LogP contribution >= 0.6 is 0 Å². The van der Waals surface area contributed by atoms with Gasteiger partial charge in [0, 0.05) is 0 Å². The minimum absolute atomic E-state index is 0.292. The molecule has 4 nitrogen and oxygen atoms in total. The van der Waals surface area contributed by atoms with E-state index in [2.05, 4.69) is 5.43 Å². The van der Waals surface area contributed by atoms with Crippen molar-refractivity contribution in [3.8, 4) is 0 Å². The number of carbonyl (C=O) groups excluding carboxylic acids is 2. The Morgan fingerprint density at radius 2 is 2.22 bits per heavy atom. The summed E-state index contributed by atoms with van der Waals surface area (Å²) in [6.07, 6.45) is 0.481. The molecule has 4 heteroatoms. The number of aldehydes is 1. The van der Waals surface area contributed by atoms with Crippen LogP contribution in [0.3, 0.4) is 0 Å². The highest BCUT2D eigenvalue weighted by atomic mass is 16.1. The largest absolute Gasteiger partial charge is 0.301 e. The number of rotatable bonds is 3. The van der Waals surface area contributed by atoms with Crippen molar-refractivity contribution in [2.24, 2.45) is 5.84 Å². The lowest BCUT2D eigenvalue weighted by atomic mass is 10.0. The predicted molar refractivity (Wildman–Crippen MR) is 32.5 cm³/mol. The van der Waals surface area contributed by atoms with Crippen LogP contribution in [0, 0.1) is 0 Å². The highest BCUT2D eigenvalue weighted by Gasteiger charge is 2.26. The van der Waals surface area contributed by atoms with Crippen LogP contribution in [-0.4, -0.2) is 17.6 Å². The van der Waals surface area contributed by atoms with Crippen LogP contribution in [0.25, 0.3) is 0 Å². The number of carbonyl (C=O) groups is 2. The molecule has 1 atom stereocenters. The van der Waals surface area contributed by atoms with Crippen LogP contribution in [-0.2, 0) is 9.59 Å². The van der Waals surface area contributed by atoms with Crippen molar-refractivity contribution in [3.05, 3.63) is 0 Å². The fourth-order valence-corrected chi connectivity index (χ4v) is 0.219. The lowest BCUT2D eigenvalue weighted by molar-refractivity contribution is -0.128. The molecule has 3 N–H and O–H groups in total.